The zero-order chi connectivity index (χ0) is 15.1. The molecule has 0 aliphatic rings. The van der Waals surface area contributed by atoms with Crippen molar-refractivity contribution in [1.29, 1.82) is 0 Å². The van der Waals surface area contributed by atoms with Crippen molar-refractivity contribution in [3.05, 3.63) is 34.3 Å². The molecule has 0 bridgehead atoms. The van der Waals surface area contributed by atoms with Gasteiger partial charge in [0.25, 0.3) is 5.91 Å². The highest BCUT2D eigenvalue weighted by Gasteiger charge is 2.16. The molecule has 1 unspecified atom stereocenters. The lowest BCUT2D eigenvalue weighted by molar-refractivity contribution is 0.0740. The van der Waals surface area contributed by atoms with Crippen LogP contribution in [0.3, 0.4) is 0 Å². The zero-order valence-corrected chi connectivity index (χ0v) is 12.9. The Morgan fingerprint density at radius 2 is 2.20 bits per heavy atom. The standard InChI is InChI=1S/C16H20ClNO2/c1-4-12(2)18(3)16(20)14-9-8-13(15(17)11-14)7-5-6-10-19/h8-9,11-12,19H,4,6,10H2,1-3H3. The maximum Gasteiger partial charge on any atom is 0.253 e. The molecule has 0 aliphatic carbocycles. The zero-order valence-electron chi connectivity index (χ0n) is 12.1. The first-order valence-electron chi connectivity index (χ1n) is 6.67. The minimum Gasteiger partial charge on any atom is -0.395 e. The number of carbonyl (C=O) groups excluding carboxylic acids is 1. The van der Waals surface area contributed by atoms with Crippen molar-refractivity contribution in [2.45, 2.75) is 32.7 Å². The Morgan fingerprint density at radius 3 is 2.75 bits per heavy atom. The second kappa shape index (κ2) is 7.94. The molecule has 1 rings (SSSR count). The Hall–Kier alpha value is -1.50. The molecule has 0 aromatic heterocycles. The fraction of sp³-hybridized carbons (Fsp3) is 0.438. The maximum absolute atomic E-state index is 12.3. The highest BCUT2D eigenvalue weighted by molar-refractivity contribution is 6.32. The summed E-state index contributed by atoms with van der Waals surface area (Å²) >= 11 is 6.13. The van der Waals surface area contributed by atoms with E-state index in [-0.39, 0.29) is 18.6 Å². The molecule has 3 nitrogen and oxygen atoms in total. The van der Waals surface area contributed by atoms with Gasteiger partial charge >= 0.3 is 0 Å². The van der Waals surface area contributed by atoms with Gasteiger partial charge < -0.3 is 10.0 Å². The molecule has 0 saturated heterocycles. The van der Waals surface area contributed by atoms with Crippen LogP contribution in [0.15, 0.2) is 18.2 Å². The van der Waals surface area contributed by atoms with E-state index in [1.54, 1.807) is 30.1 Å². The van der Waals surface area contributed by atoms with Crippen molar-refractivity contribution in [2.75, 3.05) is 13.7 Å². The fourth-order valence-electron chi connectivity index (χ4n) is 1.64. The van der Waals surface area contributed by atoms with E-state index in [0.717, 1.165) is 6.42 Å². The second-order valence-corrected chi connectivity index (χ2v) is 5.05. The summed E-state index contributed by atoms with van der Waals surface area (Å²) in [6.45, 7) is 4.08. The Morgan fingerprint density at radius 1 is 1.50 bits per heavy atom. The molecular weight excluding hydrogens is 274 g/mol. The van der Waals surface area contributed by atoms with Crippen molar-refractivity contribution < 1.29 is 9.90 Å². The third-order valence-electron chi connectivity index (χ3n) is 3.25. The number of carbonyl (C=O) groups is 1. The molecule has 0 spiro atoms. The summed E-state index contributed by atoms with van der Waals surface area (Å²) in [4.78, 5) is 14.0. The van der Waals surface area contributed by atoms with Crippen LogP contribution >= 0.6 is 11.6 Å². The molecule has 0 saturated carbocycles. The molecule has 20 heavy (non-hydrogen) atoms. The molecule has 4 heteroatoms. The van der Waals surface area contributed by atoms with Crippen LogP contribution in [0.1, 0.15) is 42.6 Å². The molecular formula is C16H20ClNO2. The topological polar surface area (TPSA) is 40.5 Å². The monoisotopic (exact) mass is 293 g/mol. The van der Waals surface area contributed by atoms with Crippen LogP contribution in [0.5, 0.6) is 0 Å². The summed E-state index contributed by atoms with van der Waals surface area (Å²) in [5, 5.41) is 9.14. The van der Waals surface area contributed by atoms with Crippen molar-refractivity contribution in [1.82, 2.24) is 4.90 Å². The van der Waals surface area contributed by atoms with Crippen LogP contribution in [0.25, 0.3) is 0 Å². The summed E-state index contributed by atoms with van der Waals surface area (Å²) in [6.07, 6.45) is 1.31. The average molecular weight is 294 g/mol. The minimum atomic E-state index is -0.0453. The SMILES string of the molecule is CCC(C)N(C)C(=O)c1ccc(C#CCCO)c(Cl)c1. The largest absolute Gasteiger partial charge is 0.395 e. The quantitative estimate of drug-likeness (QED) is 0.867. The predicted molar refractivity (Wildman–Crippen MR) is 81.9 cm³/mol. The summed E-state index contributed by atoms with van der Waals surface area (Å²) in [7, 11) is 1.79. The van der Waals surface area contributed by atoms with Crippen molar-refractivity contribution >= 4 is 17.5 Å². The van der Waals surface area contributed by atoms with Crippen molar-refractivity contribution in [3.63, 3.8) is 0 Å². The maximum atomic E-state index is 12.3. The Balaban J connectivity index is 2.93. The summed E-state index contributed by atoms with van der Waals surface area (Å²) in [6, 6.07) is 5.30. The lowest BCUT2D eigenvalue weighted by atomic mass is 10.1. The number of amides is 1. The summed E-state index contributed by atoms with van der Waals surface area (Å²) in [5.74, 6) is 5.64. The lowest BCUT2D eigenvalue weighted by Gasteiger charge is -2.24. The van der Waals surface area contributed by atoms with E-state index in [9.17, 15) is 4.79 Å². The number of nitrogens with zero attached hydrogens (tertiary/aromatic N) is 1. The van der Waals surface area contributed by atoms with E-state index in [1.807, 2.05) is 13.8 Å². The number of halogens is 1. The van der Waals surface area contributed by atoms with Crippen LogP contribution in [-0.4, -0.2) is 35.6 Å². The van der Waals surface area contributed by atoms with Gasteiger partial charge in [0.05, 0.1) is 11.6 Å². The lowest BCUT2D eigenvalue weighted by Crippen LogP contribution is -2.34. The number of hydrogen-bond acceptors (Lipinski definition) is 2. The average Bonchev–Trinajstić information content (AvgIpc) is 2.46. The molecule has 1 aromatic rings. The third-order valence-corrected chi connectivity index (χ3v) is 3.56. The molecule has 1 amide bonds. The molecule has 0 radical (unpaired) electrons. The Bertz CT molecular complexity index is 531. The van der Waals surface area contributed by atoms with Gasteiger partial charge in [-0.1, -0.05) is 30.4 Å². The first-order chi connectivity index (χ1) is 9.51. The van der Waals surface area contributed by atoms with Gasteiger partial charge in [-0.2, -0.15) is 0 Å². The Kier molecular flexibility index (Phi) is 6.57. The van der Waals surface area contributed by atoms with E-state index in [0.29, 0.717) is 22.6 Å². The first-order valence-corrected chi connectivity index (χ1v) is 7.05. The molecule has 108 valence electrons. The van der Waals surface area contributed by atoms with Crippen LogP contribution in [0, 0.1) is 11.8 Å². The molecule has 0 aliphatic heterocycles. The van der Waals surface area contributed by atoms with E-state index < -0.39 is 0 Å². The van der Waals surface area contributed by atoms with Crippen LogP contribution < -0.4 is 0 Å². The van der Waals surface area contributed by atoms with Gasteiger partial charge in [-0.15, -0.1) is 0 Å². The van der Waals surface area contributed by atoms with E-state index in [2.05, 4.69) is 11.8 Å². The second-order valence-electron chi connectivity index (χ2n) is 4.64. The van der Waals surface area contributed by atoms with Gasteiger partial charge in [0.2, 0.25) is 0 Å². The smallest absolute Gasteiger partial charge is 0.253 e. The molecule has 0 fully saturated rings. The van der Waals surface area contributed by atoms with Gasteiger partial charge in [-0.3, -0.25) is 4.79 Å². The van der Waals surface area contributed by atoms with Gasteiger partial charge in [0.1, 0.15) is 0 Å². The predicted octanol–water partition coefficient (Wildman–Crippen LogP) is 2.94. The van der Waals surface area contributed by atoms with Crippen LogP contribution in [0.4, 0.5) is 0 Å². The van der Waals surface area contributed by atoms with E-state index >= 15 is 0 Å². The van der Waals surface area contributed by atoms with E-state index in [1.165, 1.54) is 0 Å². The van der Waals surface area contributed by atoms with Gasteiger partial charge in [0, 0.05) is 30.6 Å². The highest BCUT2D eigenvalue weighted by Crippen LogP contribution is 2.19. The number of rotatable bonds is 4. The van der Waals surface area contributed by atoms with Gasteiger partial charge in [-0.25, -0.2) is 0 Å². The number of aliphatic hydroxyl groups is 1. The molecule has 1 atom stereocenters. The summed E-state index contributed by atoms with van der Waals surface area (Å²) in [5.41, 5.74) is 1.23. The number of benzene rings is 1. The van der Waals surface area contributed by atoms with Crippen LogP contribution in [0.2, 0.25) is 5.02 Å². The van der Waals surface area contributed by atoms with Crippen LogP contribution in [-0.2, 0) is 0 Å². The van der Waals surface area contributed by atoms with Gasteiger partial charge in [-0.05, 0) is 31.5 Å². The van der Waals surface area contributed by atoms with Crippen molar-refractivity contribution in [3.8, 4) is 11.8 Å². The third kappa shape index (κ3) is 4.26. The molecule has 0 heterocycles. The number of hydrogen-bond donors (Lipinski definition) is 1. The molecule has 1 aromatic carbocycles. The Labute approximate surface area is 125 Å². The first kappa shape index (κ1) is 16.6. The van der Waals surface area contributed by atoms with E-state index in [4.69, 9.17) is 16.7 Å². The minimum absolute atomic E-state index is 0.0287. The fourth-order valence-corrected chi connectivity index (χ4v) is 1.87. The number of aliphatic hydroxyl groups excluding tert-OH is 1. The highest BCUT2D eigenvalue weighted by atomic mass is 35.5. The molecule has 1 N–H and O–H groups in total. The normalized spacial score (nSPS) is 11.4. The summed E-state index contributed by atoms with van der Waals surface area (Å²) < 4.78 is 0. The van der Waals surface area contributed by atoms with Crippen molar-refractivity contribution in [2.24, 2.45) is 0 Å². The van der Waals surface area contributed by atoms with Gasteiger partial charge in [0.15, 0.2) is 0 Å².